The standard InChI is InChI=1S/C64H38N4/c65-39-47-31-30-44(37-59(47)53-24-8-7-23-51(53)52-27-13-26-50-48-21-5-4-14-40(48)32-34-54(50)52)43-19-10-20-45(36-43)49-22-6-9-25-58(49)64-67-62(42-15-2-1-3-16-42)66-63(68-64)46-33-35-55-56-28-11-17-41-18-12-29-57(61(41)56)60(55)38-46/h1-38H. The van der Waals surface area contributed by atoms with Gasteiger partial charge in [0.05, 0.1) is 11.6 Å². The molecule has 0 atom stereocenters. The van der Waals surface area contributed by atoms with Crippen LogP contribution in [0.1, 0.15) is 5.56 Å². The Bertz CT molecular complexity index is 4050. The lowest BCUT2D eigenvalue weighted by Gasteiger charge is -2.16. The second-order valence-electron chi connectivity index (χ2n) is 17.4. The molecular formula is C64H38N4. The lowest BCUT2D eigenvalue weighted by molar-refractivity contribution is 1.07. The molecule has 0 aliphatic heterocycles. The minimum atomic E-state index is 0.597. The quantitative estimate of drug-likeness (QED) is 0.150. The summed E-state index contributed by atoms with van der Waals surface area (Å²) in [6.45, 7) is 0. The summed E-state index contributed by atoms with van der Waals surface area (Å²) in [5, 5.41) is 17.9. The summed E-state index contributed by atoms with van der Waals surface area (Å²) in [5.41, 5.74) is 16.5. The molecule has 0 saturated carbocycles. The molecule has 0 N–H and O–H groups in total. The van der Waals surface area contributed by atoms with Gasteiger partial charge in [0.25, 0.3) is 0 Å². The summed E-state index contributed by atoms with van der Waals surface area (Å²) in [6.07, 6.45) is 0. The van der Waals surface area contributed by atoms with Gasteiger partial charge in [0.2, 0.25) is 0 Å². The van der Waals surface area contributed by atoms with Gasteiger partial charge >= 0.3 is 0 Å². The van der Waals surface area contributed by atoms with Crippen molar-refractivity contribution >= 4 is 32.3 Å². The van der Waals surface area contributed by atoms with Crippen LogP contribution in [0.3, 0.4) is 0 Å². The maximum absolute atomic E-state index is 10.6. The second-order valence-corrected chi connectivity index (χ2v) is 17.4. The summed E-state index contributed by atoms with van der Waals surface area (Å²) in [4.78, 5) is 15.6. The van der Waals surface area contributed by atoms with Crippen LogP contribution in [0.5, 0.6) is 0 Å². The first-order valence-corrected chi connectivity index (χ1v) is 22.9. The maximum atomic E-state index is 10.6. The molecule has 1 aliphatic rings. The third-order valence-electron chi connectivity index (χ3n) is 13.5. The fourth-order valence-electron chi connectivity index (χ4n) is 10.3. The van der Waals surface area contributed by atoms with Crippen LogP contribution in [-0.4, -0.2) is 15.0 Å². The minimum Gasteiger partial charge on any atom is -0.208 e. The summed E-state index contributed by atoms with van der Waals surface area (Å²) < 4.78 is 0. The van der Waals surface area contributed by atoms with Crippen molar-refractivity contribution in [2.75, 3.05) is 0 Å². The lowest BCUT2D eigenvalue weighted by Crippen LogP contribution is -2.01. The molecule has 0 amide bonds. The van der Waals surface area contributed by atoms with E-state index in [1.807, 2.05) is 42.5 Å². The Morgan fingerprint density at radius 2 is 0.794 bits per heavy atom. The average Bonchev–Trinajstić information content (AvgIpc) is 3.74. The third kappa shape index (κ3) is 6.48. The molecule has 68 heavy (non-hydrogen) atoms. The van der Waals surface area contributed by atoms with Gasteiger partial charge in [-0.25, -0.2) is 15.0 Å². The SMILES string of the molecule is N#Cc1ccc(-c2cccc(-c3ccccc3-c3nc(-c4ccccc4)nc(-c4ccc5c(c4)-c4cccc6cccc-5c46)n3)c2)cc1-c1ccccc1-c1cccc2c1ccc1ccccc12. The molecule has 0 saturated heterocycles. The predicted molar refractivity (Wildman–Crippen MR) is 280 cm³/mol. The van der Waals surface area contributed by atoms with Gasteiger partial charge in [0.1, 0.15) is 0 Å². The molecular weight excluding hydrogens is 825 g/mol. The Labute approximate surface area is 393 Å². The number of fused-ring (bicyclic) bond motifs is 6. The van der Waals surface area contributed by atoms with Gasteiger partial charge in [-0.05, 0) is 118 Å². The maximum Gasteiger partial charge on any atom is 0.164 e. The average molecular weight is 863 g/mol. The number of nitriles is 1. The minimum absolute atomic E-state index is 0.597. The van der Waals surface area contributed by atoms with E-state index < -0.39 is 0 Å². The Kier molecular flexibility index (Phi) is 9.20. The Balaban J connectivity index is 0.912. The van der Waals surface area contributed by atoms with Gasteiger partial charge < -0.3 is 0 Å². The van der Waals surface area contributed by atoms with E-state index in [1.54, 1.807) is 0 Å². The van der Waals surface area contributed by atoms with Crippen molar-refractivity contribution in [2.45, 2.75) is 0 Å². The number of aromatic nitrogens is 3. The van der Waals surface area contributed by atoms with Crippen LogP contribution in [0.25, 0.3) is 133 Å². The smallest absolute Gasteiger partial charge is 0.164 e. The van der Waals surface area contributed by atoms with Crippen molar-refractivity contribution in [1.29, 1.82) is 5.26 Å². The number of hydrogen-bond acceptors (Lipinski definition) is 4. The molecule has 4 heteroatoms. The first kappa shape index (κ1) is 39.1. The number of nitrogens with zero attached hydrogens (tertiary/aromatic N) is 4. The van der Waals surface area contributed by atoms with Crippen molar-refractivity contribution in [3.05, 3.63) is 236 Å². The second kappa shape index (κ2) is 16.0. The summed E-state index contributed by atoms with van der Waals surface area (Å²) in [7, 11) is 0. The number of benzene rings is 11. The zero-order valence-electron chi connectivity index (χ0n) is 36.7. The highest BCUT2D eigenvalue weighted by molar-refractivity contribution is 6.16. The van der Waals surface area contributed by atoms with Crippen molar-refractivity contribution in [2.24, 2.45) is 0 Å². The van der Waals surface area contributed by atoms with Crippen LogP contribution < -0.4 is 0 Å². The Morgan fingerprint density at radius 1 is 0.265 bits per heavy atom. The molecule has 1 aromatic heterocycles. The predicted octanol–water partition coefficient (Wildman–Crippen LogP) is 16.5. The molecule has 11 aromatic carbocycles. The lowest BCUT2D eigenvalue weighted by atomic mass is 9.87. The Morgan fingerprint density at radius 3 is 1.62 bits per heavy atom. The van der Waals surface area contributed by atoms with E-state index in [9.17, 15) is 5.26 Å². The molecule has 0 unspecified atom stereocenters. The highest BCUT2D eigenvalue weighted by atomic mass is 15.0. The molecule has 0 spiro atoms. The van der Waals surface area contributed by atoms with E-state index in [1.165, 1.54) is 54.6 Å². The fraction of sp³-hybridized carbons (Fsp3) is 0. The van der Waals surface area contributed by atoms with Crippen molar-refractivity contribution in [3.8, 4) is 107 Å². The molecule has 4 nitrogen and oxygen atoms in total. The first-order chi connectivity index (χ1) is 33.7. The first-order valence-electron chi connectivity index (χ1n) is 22.9. The van der Waals surface area contributed by atoms with Gasteiger partial charge in [-0.1, -0.05) is 206 Å². The van der Waals surface area contributed by atoms with Gasteiger partial charge in [-0.15, -0.1) is 0 Å². The van der Waals surface area contributed by atoms with Crippen LogP contribution in [0, 0.1) is 11.3 Å². The zero-order chi connectivity index (χ0) is 45.1. The van der Waals surface area contributed by atoms with E-state index >= 15 is 0 Å². The van der Waals surface area contributed by atoms with Crippen LogP contribution in [-0.2, 0) is 0 Å². The van der Waals surface area contributed by atoms with Gasteiger partial charge in [-0.3, -0.25) is 0 Å². The Hall–Kier alpha value is -9.30. The van der Waals surface area contributed by atoms with Gasteiger partial charge in [-0.2, -0.15) is 5.26 Å². The van der Waals surface area contributed by atoms with Crippen molar-refractivity contribution in [3.63, 3.8) is 0 Å². The van der Waals surface area contributed by atoms with Crippen LogP contribution in [0.2, 0.25) is 0 Å². The summed E-state index contributed by atoms with van der Waals surface area (Å²) >= 11 is 0. The van der Waals surface area contributed by atoms with Crippen LogP contribution in [0.4, 0.5) is 0 Å². The van der Waals surface area contributed by atoms with E-state index in [-0.39, 0.29) is 0 Å². The van der Waals surface area contributed by atoms with Crippen LogP contribution >= 0.6 is 0 Å². The van der Waals surface area contributed by atoms with E-state index in [2.05, 4.69) is 194 Å². The molecule has 314 valence electrons. The van der Waals surface area contributed by atoms with Crippen LogP contribution in [0.15, 0.2) is 231 Å². The topological polar surface area (TPSA) is 62.5 Å². The monoisotopic (exact) mass is 862 g/mol. The molecule has 0 radical (unpaired) electrons. The summed E-state index contributed by atoms with van der Waals surface area (Å²) in [5.74, 6) is 1.83. The highest BCUT2D eigenvalue weighted by Crippen LogP contribution is 2.48. The largest absolute Gasteiger partial charge is 0.208 e. The molecule has 1 aliphatic carbocycles. The van der Waals surface area contributed by atoms with Gasteiger partial charge in [0.15, 0.2) is 17.5 Å². The molecule has 13 rings (SSSR count). The molecule has 0 fully saturated rings. The third-order valence-corrected chi connectivity index (χ3v) is 13.5. The molecule has 12 aromatic rings. The molecule has 1 heterocycles. The van der Waals surface area contributed by atoms with E-state index in [0.717, 1.165) is 61.2 Å². The number of hydrogen-bond donors (Lipinski definition) is 0. The van der Waals surface area contributed by atoms with Gasteiger partial charge in [0, 0.05) is 22.3 Å². The normalized spacial score (nSPS) is 11.5. The highest BCUT2D eigenvalue weighted by Gasteiger charge is 2.23. The molecule has 0 bridgehead atoms. The van der Waals surface area contributed by atoms with E-state index in [4.69, 9.17) is 15.0 Å². The van der Waals surface area contributed by atoms with E-state index in [0.29, 0.717) is 23.0 Å². The van der Waals surface area contributed by atoms with Crippen molar-refractivity contribution < 1.29 is 0 Å². The fourth-order valence-corrected chi connectivity index (χ4v) is 10.3. The summed E-state index contributed by atoms with van der Waals surface area (Å²) in [6, 6.07) is 83.4. The zero-order valence-corrected chi connectivity index (χ0v) is 36.7. The number of rotatable bonds is 7. The van der Waals surface area contributed by atoms with Crippen molar-refractivity contribution in [1.82, 2.24) is 15.0 Å².